The number of hydrogen-bond acceptors (Lipinski definition) is 5. The normalized spacial score (nSPS) is 10.5. The van der Waals surface area contributed by atoms with E-state index in [1.165, 1.54) is 36.4 Å². The first-order chi connectivity index (χ1) is 8.63. The van der Waals surface area contributed by atoms with Crippen LogP contribution in [-0.4, -0.2) is 29.2 Å². The molecule has 0 amide bonds. The number of hydrogen-bond donors (Lipinski definition) is 1. The maximum absolute atomic E-state index is 11.2. The third-order valence-corrected chi connectivity index (χ3v) is 2.06. The number of rotatable bonds is 6. The summed E-state index contributed by atoms with van der Waals surface area (Å²) in [5.41, 5.74) is 0.664. The number of nitro benzene ring substituents is 1. The molecule has 0 aromatic heterocycles. The molecule has 1 aromatic carbocycles. The van der Waals surface area contributed by atoms with E-state index in [0.29, 0.717) is 12.0 Å². The number of nitrogens with zero attached hydrogens (tertiary/aromatic N) is 1. The van der Waals surface area contributed by atoms with E-state index < -0.39 is 10.9 Å². The Labute approximate surface area is 104 Å². The predicted octanol–water partition coefficient (Wildman–Crippen LogP) is 1.53. The molecular weight excluding hydrogens is 238 g/mol. The van der Waals surface area contributed by atoms with E-state index >= 15 is 0 Å². The van der Waals surface area contributed by atoms with E-state index in [1.54, 1.807) is 0 Å². The van der Waals surface area contributed by atoms with Crippen LogP contribution in [0, 0.1) is 10.1 Å². The molecule has 0 atom stereocenters. The van der Waals surface area contributed by atoms with Gasteiger partial charge in [0.15, 0.2) is 0 Å². The Morgan fingerprint density at radius 2 is 2.06 bits per heavy atom. The van der Waals surface area contributed by atoms with E-state index in [0.717, 1.165) is 0 Å². The molecule has 96 valence electrons. The fourth-order valence-electron chi connectivity index (χ4n) is 1.16. The standard InChI is InChI=1S/C12H13NO5/c14-8-1-9-18-12(15)7-4-10-2-5-11(6-3-10)13(16)17/h2-7,14H,1,8-9H2/b7-4+. The number of ether oxygens (including phenoxy) is 1. The fourth-order valence-corrected chi connectivity index (χ4v) is 1.16. The van der Waals surface area contributed by atoms with Crippen LogP contribution in [0.15, 0.2) is 30.3 Å². The fraction of sp³-hybridized carbons (Fsp3) is 0.250. The molecule has 0 fully saturated rings. The van der Waals surface area contributed by atoms with Crippen molar-refractivity contribution in [2.45, 2.75) is 6.42 Å². The Bertz CT molecular complexity index is 438. The summed E-state index contributed by atoms with van der Waals surface area (Å²) in [5, 5.41) is 18.9. The summed E-state index contributed by atoms with van der Waals surface area (Å²) in [6.45, 7) is 0.138. The number of esters is 1. The van der Waals surface area contributed by atoms with Crippen LogP contribution < -0.4 is 0 Å². The summed E-state index contributed by atoms with van der Waals surface area (Å²) in [5.74, 6) is -0.512. The molecule has 6 heteroatoms. The molecule has 6 nitrogen and oxygen atoms in total. The average molecular weight is 251 g/mol. The molecule has 0 aliphatic carbocycles. The van der Waals surface area contributed by atoms with Crippen molar-refractivity contribution in [1.82, 2.24) is 0 Å². The number of carbonyl (C=O) groups excluding carboxylic acids is 1. The van der Waals surface area contributed by atoms with Crippen molar-refractivity contribution in [2.75, 3.05) is 13.2 Å². The number of aliphatic hydroxyl groups is 1. The lowest BCUT2D eigenvalue weighted by atomic mass is 10.2. The number of non-ortho nitro benzene ring substituents is 1. The van der Waals surface area contributed by atoms with E-state index in [2.05, 4.69) is 0 Å². The number of benzene rings is 1. The zero-order valence-electron chi connectivity index (χ0n) is 9.61. The van der Waals surface area contributed by atoms with Gasteiger partial charge in [-0.25, -0.2) is 4.79 Å². The molecule has 1 aromatic rings. The molecule has 0 aliphatic rings. The third kappa shape index (κ3) is 4.75. The molecule has 0 spiro atoms. The van der Waals surface area contributed by atoms with Crippen LogP contribution in [0.3, 0.4) is 0 Å². The first-order valence-electron chi connectivity index (χ1n) is 5.33. The summed E-state index contributed by atoms with van der Waals surface area (Å²) in [4.78, 5) is 21.1. The van der Waals surface area contributed by atoms with Crippen LogP contribution in [0.1, 0.15) is 12.0 Å². The third-order valence-electron chi connectivity index (χ3n) is 2.06. The number of aliphatic hydroxyl groups excluding tert-OH is 1. The van der Waals surface area contributed by atoms with Crippen LogP contribution in [-0.2, 0) is 9.53 Å². The maximum Gasteiger partial charge on any atom is 0.330 e. The Kier molecular flexibility index (Phi) is 5.53. The van der Waals surface area contributed by atoms with Gasteiger partial charge < -0.3 is 9.84 Å². The molecule has 0 heterocycles. The summed E-state index contributed by atoms with van der Waals surface area (Å²) < 4.78 is 4.77. The molecule has 0 radical (unpaired) electrons. The van der Waals surface area contributed by atoms with Crippen molar-refractivity contribution in [2.24, 2.45) is 0 Å². The van der Waals surface area contributed by atoms with E-state index in [9.17, 15) is 14.9 Å². The largest absolute Gasteiger partial charge is 0.462 e. The molecule has 0 saturated heterocycles. The van der Waals surface area contributed by atoms with Gasteiger partial charge in [0.2, 0.25) is 0 Å². The van der Waals surface area contributed by atoms with Gasteiger partial charge in [0.05, 0.1) is 11.5 Å². The molecule has 0 saturated carbocycles. The second-order valence-electron chi connectivity index (χ2n) is 3.43. The van der Waals surface area contributed by atoms with Gasteiger partial charge in [0.25, 0.3) is 5.69 Å². The Hall–Kier alpha value is -2.21. The molecule has 0 aliphatic heterocycles. The zero-order valence-corrected chi connectivity index (χ0v) is 9.61. The van der Waals surface area contributed by atoms with Crippen molar-refractivity contribution in [3.63, 3.8) is 0 Å². The Balaban J connectivity index is 2.51. The Morgan fingerprint density at radius 1 is 1.39 bits per heavy atom. The highest BCUT2D eigenvalue weighted by Crippen LogP contribution is 2.12. The van der Waals surface area contributed by atoms with Gasteiger partial charge in [0, 0.05) is 31.2 Å². The van der Waals surface area contributed by atoms with Crippen LogP contribution in [0.4, 0.5) is 5.69 Å². The topological polar surface area (TPSA) is 89.7 Å². The van der Waals surface area contributed by atoms with Gasteiger partial charge >= 0.3 is 5.97 Å². The van der Waals surface area contributed by atoms with Crippen LogP contribution >= 0.6 is 0 Å². The van der Waals surface area contributed by atoms with E-state index in [-0.39, 0.29) is 18.9 Å². The van der Waals surface area contributed by atoms with E-state index in [4.69, 9.17) is 9.84 Å². The van der Waals surface area contributed by atoms with Crippen LogP contribution in [0.2, 0.25) is 0 Å². The van der Waals surface area contributed by atoms with Gasteiger partial charge in [-0.05, 0) is 23.8 Å². The molecule has 0 unspecified atom stereocenters. The minimum absolute atomic E-state index is 0.00216. The first-order valence-corrected chi connectivity index (χ1v) is 5.33. The van der Waals surface area contributed by atoms with Gasteiger partial charge in [-0.15, -0.1) is 0 Å². The van der Waals surface area contributed by atoms with Crippen molar-refractivity contribution < 1.29 is 19.6 Å². The SMILES string of the molecule is O=C(/C=C/c1ccc([N+](=O)[O-])cc1)OCCCO. The lowest BCUT2D eigenvalue weighted by molar-refractivity contribution is -0.384. The predicted molar refractivity (Wildman–Crippen MR) is 64.8 cm³/mol. The molecule has 0 bridgehead atoms. The van der Waals surface area contributed by atoms with Crippen molar-refractivity contribution >= 4 is 17.7 Å². The highest BCUT2D eigenvalue weighted by atomic mass is 16.6. The smallest absolute Gasteiger partial charge is 0.330 e. The van der Waals surface area contributed by atoms with Gasteiger partial charge in [-0.2, -0.15) is 0 Å². The number of carbonyl (C=O) groups is 1. The average Bonchev–Trinajstić information content (AvgIpc) is 2.37. The van der Waals surface area contributed by atoms with Gasteiger partial charge in [0.1, 0.15) is 0 Å². The molecular formula is C12H13NO5. The van der Waals surface area contributed by atoms with Crippen LogP contribution in [0.25, 0.3) is 6.08 Å². The van der Waals surface area contributed by atoms with Crippen LogP contribution in [0.5, 0.6) is 0 Å². The second-order valence-corrected chi connectivity index (χ2v) is 3.43. The highest BCUT2D eigenvalue weighted by molar-refractivity contribution is 5.87. The van der Waals surface area contributed by atoms with Gasteiger partial charge in [-0.3, -0.25) is 10.1 Å². The quantitative estimate of drug-likeness (QED) is 0.272. The lowest BCUT2D eigenvalue weighted by Crippen LogP contribution is -2.03. The summed E-state index contributed by atoms with van der Waals surface area (Å²) >= 11 is 0. The summed E-state index contributed by atoms with van der Waals surface area (Å²) in [7, 11) is 0. The van der Waals surface area contributed by atoms with Gasteiger partial charge in [-0.1, -0.05) is 0 Å². The summed E-state index contributed by atoms with van der Waals surface area (Å²) in [6, 6.07) is 5.79. The highest BCUT2D eigenvalue weighted by Gasteiger charge is 2.02. The van der Waals surface area contributed by atoms with Crippen molar-refractivity contribution in [3.05, 3.63) is 46.0 Å². The zero-order chi connectivity index (χ0) is 13.4. The molecule has 18 heavy (non-hydrogen) atoms. The second kappa shape index (κ2) is 7.18. The minimum atomic E-state index is -0.512. The first kappa shape index (κ1) is 13.9. The lowest BCUT2D eigenvalue weighted by Gasteiger charge is -1.98. The monoisotopic (exact) mass is 251 g/mol. The Morgan fingerprint density at radius 3 is 2.61 bits per heavy atom. The van der Waals surface area contributed by atoms with Crippen molar-refractivity contribution in [3.8, 4) is 0 Å². The summed E-state index contributed by atoms with van der Waals surface area (Å²) in [6.07, 6.45) is 3.14. The number of nitro groups is 1. The van der Waals surface area contributed by atoms with Crippen molar-refractivity contribution in [1.29, 1.82) is 0 Å². The maximum atomic E-state index is 11.2. The molecule has 1 rings (SSSR count). The van der Waals surface area contributed by atoms with E-state index in [1.807, 2.05) is 0 Å². The minimum Gasteiger partial charge on any atom is -0.462 e. The molecule has 1 N–H and O–H groups in total.